The standard InChI is InChI=1S/C20H18N2O2/c1-2-19(23)20(11-12-20)17-9-7-15(8-10-17)14-3-5-16(6-4-14)18-13-21-22-24-18/h3-10,13H,2,11-12H2,1H3. The van der Waals surface area contributed by atoms with Crippen LogP contribution >= 0.6 is 0 Å². The number of carbonyl (C=O) groups excluding carboxylic acids is 1. The third-order valence-electron chi connectivity index (χ3n) is 4.91. The Morgan fingerprint density at radius 1 is 1.00 bits per heavy atom. The zero-order valence-electron chi connectivity index (χ0n) is 13.5. The van der Waals surface area contributed by atoms with Gasteiger partial charge in [0.25, 0.3) is 0 Å². The van der Waals surface area contributed by atoms with E-state index in [1.54, 1.807) is 6.20 Å². The van der Waals surface area contributed by atoms with Crippen molar-refractivity contribution in [1.82, 2.24) is 10.4 Å². The molecular weight excluding hydrogens is 300 g/mol. The van der Waals surface area contributed by atoms with E-state index < -0.39 is 0 Å². The molecule has 4 rings (SSSR count). The fourth-order valence-corrected chi connectivity index (χ4v) is 3.29. The van der Waals surface area contributed by atoms with Crippen molar-refractivity contribution >= 4 is 5.78 Å². The Balaban J connectivity index is 1.58. The number of hydrogen-bond acceptors (Lipinski definition) is 4. The van der Waals surface area contributed by atoms with E-state index in [1.165, 1.54) is 0 Å². The van der Waals surface area contributed by atoms with Crippen LogP contribution in [0.3, 0.4) is 0 Å². The molecule has 1 aliphatic carbocycles. The van der Waals surface area contributed by atoms with Crippen LogP contribution in [0.2, 0.25) is 0 Å². The van der Waals surface area contributed by atoms with E-state index in [-0.39, 0.29) is 5.41 Å². The van der Waals surface area contributed by atoms with Crippen molar-refractivity contribution in [1.29, 1.82) is 0 Å². The van der Waals surface area contributed by atoms with E-state index in [0.717, 1.165) is 35.1 Å². The number of carbonyl (C=O) groups is 1. The maximum atomic E-state index is 12.2. The lowest BCUT2D eigenvalue weighted by Crippen LogP contribution is -2.19. The van der Waals surface area contributed by atoms with Gasteiger partial charge in [-0.15, -0.1) is 5.10 Å². The van der Waals surface area contributed by atoms with Crippen molar-refractivity contribution in [3.63, 3.8) is 0 Å². The van der Waals surface area contributed by atoms with Gasteiger partial charge in [0.15, 0.2) is 5.76 Å². The van der Waals surface area contributed by atoms with Gasteiger partial charge in [-0.25, -0.2) is 0 Å². The van der Waals surface area contributed by atoms with Crippen LogP contribution in [0.5, 0.6) is 0 Å². The molecular formula is C20H18N2O2. The third-order valence-corrected chi connectivity index (χ3v) is 4.91. The fourth-order valence-electron chi connectivity index (χ4n) is 3.29. The maximum absolute atomic E-state index is 12.2. The van der Waals surface area contributed by atoms with Crippen LogP contribution < -0.4 is 0 Å². The second kappa shape index (κ2) is 5.71. The Morgan fingerprint density at radius 2 is 1.58 bits per heavy atom. The zero-order chi connectivity index (χ0) is 16.6. The van der Waals surface area contributed by atoms with Gasteiger partial charge in [0.2, 0.25) is 0 Å². The molecule has 0 amide bonds. The smallest absolute Gasteiger partial charge is 0.187 e. The lowest BCUT2D eigenvalue weighted by Gasteiger charge is -2.14. The van der Waals surface area contributed by atoms with Crippen LogP contribution in [0.1, 0.15) is 31.7 Å². The summed E-state index contributed by atoms with van der Waals surface area (Å²) in [5.41, 5.74) is 4.18. The van der Waals surface area contributed by atoms with Crippen LogP contribution in [0, 0.1) is 0 Å². The number of rotatable bonds is 5. The highest BCUT2D eigenvalue weighted by Crippen LogP contribution is 2.49. The Kier molecular flexibility index (Phi) is 3.53. The predicted molar refractivity (Wildman–Crippen MR) is 91.4 cm³/mol. The number of nitrogens with zero attached hydrogens (tertiary/aromatic N) is 2. The summed E-state index contributed by atoms with van der Waals surface area (Å²) in [6.45, 7) is 1.95. The summed E-state index contributed by atoms with van der Waals surface area (Å²) in [5, 5.41) is 7.18. The molecule has 24 heavy (non-hydrogen) atoms. The van der Waals surface area contributed by atoms with E-state index in [4.69, 9.17) is 4.52 Å². The second-order valence-electron chi connectivity index (χ2n) is 6.30. The van der Waals surface area contributed by atoms with Crippen LogP contribution in [0.15, 0.2) is 59.3 Å². The van der Waals surface area contributed by atoms with Crippen LogP contribution in [-0.2, 0) is 10.2 Å². The molecule has 1 aliphatic rings. The summed E-state index contributed by atoms with van der Waals surface area (Å²) in [4.78, 5) is 12.2. The van der Waals surface area contributed by atoms with Gasteiger partial charge in [0, 0.05) is 17.3 Å². The van der Waals surface area contributed by atoms with Crippen molar-refractivity contribution in [3.05, 3.63) is 60.3 Å². The molecule has 0 saturated heterocycles. The molecule has 120 valence electrons. The van der Waals surface area contributed by atoms with Gasteiger partial charge in [-0.1, -0.05) is 55.5 Å². The average molecular weight is 318 g/mol. The molecule has 3 aromatic rings. The van der Waals surface area contributed by atoms with Gasteiger partial charge in [-0.2, -0.15) is 0 Å². The third kappa shape index (κ3) is 2.44. The lowest BCUT2D eigenvalue weighted by atomic mass is 9.89. The number of Topliss-reactive ketones (excluding diaryl/α,β-unsaturated/α-hetero) is 1. The van der Waals surface area contributed by atoms with Gasteiger partial charge in [0.05, 0.1) is 11.6 Å². The summed E-state index contributed by atoms with van der Waals surface area (Å²) >= 11 is 0. The van der Waals surface area contributed by atoms with Crippen LogP contribution in [0.4, 0.5) is 0 Å². The SMILES string of the molecule is CCC(=O)C1(c2ccc(-c3ccc(-c4cnno4)cc3)cc2)CC1. The number of hydrogen-bond donors (Lipinski definition) is 0. The van der Waals surface area contributed by atoms with Crippen molar-refractivity contribution in [3.8, 4) is 22.5 Å². The average Bonchev–Trinajstić information content (AvgIpc) is 3.28. The van der Waals surface area contributed by atoms with Gasteiger partial charge >= 0.3 is 0 Å². The monoisotopic (exact) mass is 318 g/mol. The minimum atomic E-state index is -0.198. The first-order valence-corrected chi connectivity index (χ1v) is 8.25. The molecule has 1 heterocycles. The topological polar surface area (TPSA) is 56.0 Å². The predicted octanol–water partition coefficient (Wildman–Crippen LogP) is 4.41. The molecule has 0 aliphatic heterocycles. The van der Waals surface area contributed by atoms with Gasteiger partial charge in [0.1, 0.15) is 5.78 Å². The van der Waals surface area contributed by atoms with Crippen LogP contribution in [0.25, 0.3) is 22.5 Å². The highest BCUT2D eigenvalue weighted by molar-refractivity contribution is 5.93. The van der Waals surface area contributed by atoms with Crippen molar-refractivity contribution in [2.45, 2.75) is 31.6 Å². The van der Waals surface area contributed by atoms with Crippen molar-refractivity contribution < 1.29 is 9.32 Å². The molecule has 2 aromatic carbocycles. The number of ketones is 1. The summed E-state index contributed by atoms with van der Waals surface area (Å²) in [7, 11) is 0. The first-order chi connectivity index (χ1) is 11.7. The molecule has 0 unspecified atom stereocenters. The zero-order valence-corrected chi connectivity index (χ0v) is 13.5. The molecule has 0 spiro atoms. The number of benzene rings is 2. The summed E-state index contributed by atoms with van der Waals surface area (Å²) in [6.07, 6.45) is 4.18. The van der Waals surface area contributed by atoms with Crippen molar-refractivity contribution in [2.24, 2.45) is 0 Å². The summed E-state index contributed by atoms with van der Waals surface area (Å²) in [6, 6.07) is 16.5. The molecule has 0 bridgehead atoms. The first kappa shape index (κ1) is 14.8. The second-order valence-corrected chi connectivity index (χ2v) is 6.30. The van der Waals surface area contributed by atoms with Gasteiger partial charge < -0.3 is 4.52 Å². The minimum Gasteiger partial charge on any atom is -0.337 e. The highest BCUT2D eigenvalue weighted by Gasteiger charge is 2.49. The quantitative estimate of drug-likeness (QED) is 0.699. The van der Waals surface area contributed by atoms with Gasteiger partial charge in [-0.3, -0.25) is 4.79 Å². The van der Waals surface area contributed by atoms with Crippen molar-refractivity contribution in [2.75, 3.05) is 0 Å². The molecule has 0 atom stereocenters. The highest BCUT2D eigenvalue weighted by atomic mass is 16.5. The Hall–Kier alpha value is -2.75. The first-order valence-electron chi connectivity index (χ1n) is 8.25. The Labute approximate surface area is 140 Å². The molecule has 1 aromatic heterocycles. The molecule has 0 N–H and O–H groups in total. The van der Waals surface area contributed by atoms with Gasteiger partial charge in [-0.05, 0) is 29.5 Å². The Bertz CT molecular complexity index is 846. The van der Waals surface area contributed by atoms with Crippen LogP contribution in [-0.4, -0.2) is 16.2 Å². The normalized spacial score (nSPS) is 15.2. The summed E-state index contributed by atoms with van der Waals surface area (Å²) in [5.74, 6) is 1.02. The maximum Gasteiger partial charge on any atom is 0.187 e. The molecule has 1 fully saturated rings. The Morgan fingerprint density at radius 3 is 2.08 bits per heavy atom. The molecule has 0 radical (unpaired) electrons. The number of aromatic nitrogens is 2. The fraction of sp³-hybridized carbons (Fsp3) is 0.250. The lowest BCUT2D eigenvalue weighted by molar-refractivity contribution is -0.121. The van der Waals surface area contributed by atoms with E-state index in [9.17, 15) is 4.79 Å². The largest absolute Gasteiger partial charge is 0.337 e. The van der Waals surface area contributed by atoms with E-state index >= 15 is 0 Å². The van der Waals surface area contributed by atoms with E-state index in [2.05, 4.69) is 46.8 Å². The van der Waals surface area contributed by atoms with E-state index in [0.29, 0.717) is 18.0 Å². The minimum absolute atomic E-state index is 0.198. The van der Waals surface area contributed by atoms with E-state index in [1.807, 2.05) is 19.1 Å². The summed E-state index contributed by atoms with van der Waals surface area (Å²) < 4.78 is 5.07. The molecule has 4 nitrogen and oxygen atoms in total. The molecule has 4 heteroatoms. The molecule has 1 saturated carbocycles.